The Morgan fingerprint density at radius 2 is 1.97 bits per heavy atom. The molecule has 2 aromatic rings. The zero-order valence-corrected chi connectivity index (χ0v) is 16.3. The van der Waals surface area contributed by atoms with E-state index in [1.54, 1.807) is 31.4 Å². The van der Waals surface area contributed by atoms with Gasteiger partial charge in [0.1, 0.15) is 17.4 Å². The number of methoxy groups -OCH3 is 1. The van der Waals surface area contributed by atoms with Crippen molar-refractivity contribution in [1.82, 2.24) is 5.32 Å². The highest BCUT2D eigenvalue weighted by molar-refractivity contribution is 6.08. The summed E-state index contributed by atoms with van der Waals surface area (Å²) in [7, 11) is 1.60. The molecule has 2 N–H and O–H groups in total. The zero-order chi connectivity index (χ0) is 20.0. The molecule has 2 heterocycles. The van der Waals surface area contributed by atoms with Crippen molar-refractivity contribution in [3.05, 3.63) is 54.1 Å². The molecule has 2 bridgehead atoms. The van der Waals surface area contributed by atoms with Gasteiger partial charge in [0.15, 0.2) is 5.72 Å². The average molecular weight is 392 g/mol. The molecule has 2 aliphatic heterocycles. The molecule has 1 aliphatic carbocycles. The first kappa shape index (κ1) is 18.0. The highest BCUT2D eigenvalue weighted by Gasteiger charge is 2.60. The summed E-state index contributed by atoms with van der Waals surface area (Å²) in [4.78, 5) is 26.4. The van der Waals surface area contributed by atoms with Crippen molar-refractivity contribution in [2.24, 2.45) is 11.8 Å². The van der Waals surface area contributed by atoms with Gasteiger partial charge in [-0.25, -0.2) is 0 Å². The van der Waals surface area contributed by atoms with Crippen LogP contribution in [-0.2, 0) is 9.59 Å². The summed E-state index contributed by atoms with van der Waals surface area (Å²) >= 11 is 0. The SMILES string of the molecule is COc1ccc(NC(=O)[C@@H]2C(=O)N[C@@]34CCCC[C@H]3[C@H]2c2ccccc2O4)cc1. The van der Waals surface area contributed by atoms with Gasteiger partial charge >= 0.3 is 0 Å². The number of para-hydroxylation sites is 1. The minimum atomic E-state index is -0.793. The van der Waals surface area contributed by atoms with E-state index in [1.165, 1.54) is 0 Å². The Balaban J connectivity index is 1.51. The third-order valence-corrected chi connectivity index (χ3v) is 6.53. The van der Waals surface area contributed by atoms with Crippen LogP contribution in [0.5, 0.6) is 11.5 Å². The van der Waals surface area contributed by atoms with E-state index in [1.807, 2.05) is 24.3 Å². The van der Waals surface area contributed by atoms with Crippen LogP contribution in [0.1, 0.15) is 37.2 Å². The number of ether oxygens (including phenoxy) is 2. The fourth-order valence-electron chi connectivity index (χ4n) is 5.25. The smallest absolute Gasteiger partial charge is 0.237 e. The lowest BCUT2D eigenvalue weighted by Crippen LogP contribution is -2.69. The van der Waals surface area contributed by atoms with Crippen LogP contribution >= 0.6 is 0 Å². The summed E-state index contributed by atoms with van der Waals surface area (Å²) in [6, 6.07) is 14.9. The van der Waals surface area contributed by atoms with Gasteiger partial charge < -0.3 is 20.1 Å². The Kier molecular flexibility index (Phi) is 4.23. The number of hydrogen-bond acceptors (Lipinski definition) is 4. The van der Waals surface area contributed by atoms with E-state index in [9.17, 15) is 9.59 Å². The largest absolute Gasteiger partial charge is 0.497 e. The van der Waals surface area contributed by atoms with Gasteiger partial charge in [-0.2, -0.15) is 0 Å². The van der Waals surface area contributed by atoms with E-state index < -0.39 is 11.6 Å². The highest BCUT2D eigenvalue weighted by Crippen LogP contribution is 2.55. The second-order valence-electron chi connectivity index (χ2n) is 8.09. The number of hydrogen-bond donors (Lipinski definition) is 2. The minimum Gasteiger partial charge on any atom is -0.497 e. The fraction of sp³-hybridized carbons (Fsp3) is 0.391. The normalized spacial score (nSPS) is 29.6. The van der Waals surface area contributed by atoms with Crippen LogP contribution in [0.2, 0.25) is 0 Å². The standard InChI is InChI=1S/C23H24N2O4/c1-28-15-11-9-14(10-12-15)24-21(26)20-19-16-6-2-3-8-18(16)29-23(25-22(20)27)13-5-4-7-17(19)23/h2-3,6,8-12,17,19-20H,4-5,7,13H2,1H3,(H,24,26)(H,25,27)/t17-,19+,20+,23+/m0/s1. The number of anilines is 1. The van der Waals surface area contributed by atoms with Crippen LogP contribution in [0.4, 0.5) is 5.69 Å². The second kappa shape index (κ2) is 6.79. The van der Waals surface area contributed by atoms with E-state index in [2.05, 4.69) is 10.6 Å². The van der Waals surface area contributed by atoms with E-state index in [0.29, 0.717) is 11.4 Å². The monoisotopic (exact) mass is 392 g/mol. The van der Waals surface area contributed by atoms with Gasteiger partial charge in [0.05, 0.1) is 7.11 Å². The molecule has 5 rings (SSSR count). The minimum absolute atomic E-state index is 0.0930. The lowest BCUT2D eigenvalue weighted by molar-refractivity contribution is -0.160. The summed E-state index contributed by atoms with van der Waals surface area (Å²) in [5.41, 5.74) is 0.912. The van der Waals surface area contributed by atoms with Crippen molar-refractivity contribution in [1.29, 1.82) is 0 Å². The molecule has 2 aromatic carbocycles. The van der Waals surface area contributed by atoms with E-state index in [0.717, 1.165) is 37.0 Å². The molecule has 4 atom stereocenters. The van der Waals surface area contributed by atoms with Gasteiger partial charge in [-0.15, -0.1) is 0 Å². The number of rotatable bonds is 3. The number of carbonyl (C=O) groups excluding carboxylic acids is 2. The van der Waals surface area contributed by atoms with Gasteiger partial charge in [0.2, 0.25) is 11.8 Å². The number of piperidine rings is 1. The third kappa shape index (κ3) is 2.85. The first-order valence-corrected chi connectivity index (χ1v) is 10.2. The Bertz CT molecular complexity index is 958. The van der Waals surface area contributed by atoms with Crippen molar-refractivity contribution in [3.63, 3.8) is 0 Å². The van der Waals surface area contributed by atoms with Crippen LogP contribution in [0.15, 0.2) is 48.5 Å². The number of amides is 2. The van der Waals surface area contributed by atoms with Crippen molar-refractivity contribution < 1.29 is 19.1 Å². The van der Waals surface area contributed by atoms with Crippen molar-refractivity contribution in [2.45, 2.75) is 37.3 Å². The van der Waals surface area contributed by atoms with Crippen LogP contribution < -0.4 is 20.1 Å². The summed E-state index contributed by atoms with van der Waals surface area (Å²) in [6.07, 6.45) is 3.80. The van der Waals surface area contributed by atoms with Gasteiger partial charge in [-0.1, -0.05) is 24.6 Å². The summed E-state index contributed by atoms with van der Waals surface area (Å²) in [5, 5.41) is 6.02. The lowest BCUT2D eigenvalue weighted by atomic mass is 9.62. The fourth-order valence-corrected chi connectivity index (χ4v) is 5.25. The summed E-state index contributed by atoms with van der Waals surface area (Å²) in [6.45, 7) is 0. The maximum absolute atomic E-state index is 13.3. The molecule has 6 heteroatoms. The van der Waals surface area contributed by atoms with Gasteiger partial charge in [0.25, 0.3) is 0 Å². The molecule has 3 aliphatic rings. The molecule has 29 heavy (non-hydrogen) atoms. The molecule has 6 nitrogen and oxygen atoms in total. The molecule has 150 valence electrons. The van der Waals surface area contributed by atoms with Crippen LogP contribution in [0.25, 0.3) is 0 Å². The Morgan fingerprint density at radius 1 is 1.17 bits per heavy atom. The summed E-state index contributed by atoms with van der Waals surface area (Å²) in [5.74, 6) is 0.0601. The lowest BCUT2D eigenvalue weighted by Gasteiger charge is -2.55. The molecule has 0 unspecified atom stereocenters. The molecular formula is C23H24N2O4. The van der Waals surface area contributed by atoms with Gasteiger partial charge in [-0.3, -0.25) is 9.59 Å². The van der Waals surface area contributed by atoms with Gasteiger partial charge in [-0.05, 0) is 48.7 Å². The van der Waals surface area contributed by atoms with Crippen molar-refractivity contribution in [3.8, 4) is 11.5 Å². The van der Waals surface area contributed by atoms with Gasteiger partial charge in [0, 0.05) is 23.9 Å². The van der Waals surface area contributed by atoms with Crippen molar-refractivity contribution in [2.75, 3.05) is 12.4 Å². The average Bonchev–Trinajstić information content (AvgIpc) is 2.73. The second-order valence-corrected chi connectivity index (χ2v) is 8.09. The van der Waals surface area contributed by atoms with E-state index in [4.69, 9.17) is 9.47 Å². The first-order valence-electron chi connectivity index (χ1n) is 10.2. The number of fused-ring (bicyclic) bond motifs is 2. The molecule has 2 amide bonds. The van der Waals surface area contributed by atoms with Crippen molar-refractivity contribution >= 4 is 17.5 Å². The van der Waals surface area contributed by atoms with Crippen LogP contribution in [0.3, 0.4) is 0 Å². The molecule has 0 radical (unpaired) electrons. The van der Waals surface area contributed by atoms with Crippen LogP contribution in [0, 0.1) is 11.8 Å². The Hall–Kier alpha value is -3.02. The maximum atomic E-state index is 13.3. The predicted octanol–water partition coefficient (Wildman–Crippen LogP) is 3.44. The highest BCUT2D eigenvalue weighted by atomic mass is 16.5. The number of benzene rings is 2. The molecule has 0 aromatic heterocycles. The Labute approximate surface area is 169 Å². The maximum Gasteiger partial charge on any atom is 0.237 e. The van der Waals surface area contributed by atoms with E-state index >= 15 is 0 Å². The molecule has 2 fully saturated rings. The first-order chi connectivity index (χ1) is 14.1. The number of nitrogens with one attached hydrogen (secondary N) is 2. The summed E-state index contributed by atoms with van der Waals surface area (Å²) < 4.78 is 11.5. The zero-order valence-electron chi connectivity index (χ0n) is 16.3. The molecular weight excluding hydrogens is 368 g/mol. The molecule has 1 saturated heterocycles. The Morgan fingerprint density at radius 3 is 2.76 bits per heavy atom. The third-order valence-electron chi connectivity index (χ3n) is 6.53. The van der Waals surface area contributed by atoms with E-state index in [-0.39, 0.29) is 23.7 Å². The van der Waals surface area contributed by atoms with Crippen LogP contribution in [-0.4, -0.2) is 24.6 Å². The quantitative estimate of drug-likeness (QED) is 0.785. The predicted molar refractivity (Wildman–Crippen MR) is 108 cm³/mol. The number of carbonyl (C=O) groups is 2. The topological polar surface area (TPSA) is 76.7 Å². The molecule has 0 spiro atoms. The molecule has 1 saturated carbocycles.